The van der Waals surface area contributed by atoms with Crippen molar-refractivity contribution < 1.29 is 46.9 Å². The van der Waals surface area contributed by atoms with E-state index in [-0.39, 0.29) is 38.4 Å². The number of hydrogen-bond donors (Lipinski definition) is 5. The molecule has 0 radical (unpaired) electrons. The van der Waals surface area contributed by atoms with E-state index in [1.54, 1.807) is 22.9 Å². The summed E-state index contributed by atoms with van der Waals surface area (Å²) in [5.41, 5.74) is 0.862. The fourth-order valence-electron chi connectivity index (χ4n) is 3.95. The van der Waals surface area contributed by atoms with E-state index in [9.17, 15) is 32.1 Å². The number of hydrogen-bond acceptors (Lipinski definition) is 7. The van der Waals surface area contributed by atoms with E-state index in [2.05, 4.69) is 31.2 Å². The molecular weight excluding hydrogens is 588 g/mol. The number of urea groups is 1. The molecule has 1 unspecified atom stereocenters. The van der Waals surface area contributed by atoms with Crippen LogP contribution in [0.5, 0.6) is 0 Å². The van der Waals surface area contributed by atoms with Crippen molar-refractivity contribution in [3.8, 4) is 0 Å². The molecule has 0 aromatic carbocycles. The predicted octanol–water partition coefficient (Wildman–Crippen LogP) is 0.629. The van der Waals surface area contributed by atoms with E-state index in [0.717, 1.165) is 12.1 Å². The topological polar surface area (TPSA) is 192 Å². The van der Waals surface area contributed by atoms with Gasteiger partial charge in [-0.25, -0.2) is 14.3 Å². The number of nitrogens with one attached hydrogen (secondary N) is 3. The first-order valence-corrected chi connectivity index (χ1v) is 13.7. The van der Waals surface area contributed by atoms with Crippen molar-refractivity contribution in [2.24, 2.45) is 0 Å². The largest absolute Gasteiger partial charge is 0.510 e. The van der Waals surface area contributed by atoms with E-state index in [1.165, 1.54) is 23.3 Å². The number of amides is 3. The standard InChI is InChI=1S/C26H32BF3N8O6/c28-27(29,30)19-8-12-37(13-9-19)15-21-17-38(36-35-21)16-20-5-4-18(14-33-20)24(41)31-10-2-1-3-11-32-26(44)34-22(25(42)43)6-7-23(39)40/h4-5,8-9,12-14,17,22H,1-3,6-7,10-11,15-16H2,(H,31,41)(H,39,40)(H,42,43)(H2,32,34,44). The number of carboxylic acid groups (broad SMARTS) is 2. The van der Waals surface area contributed by atoms with Crippen LogP contribution in [0, 0.1) is 0 Å². The molecule has 0 aliphatic heterocycles. The molecular formula is C26H32BF3N8O6. The van der Waals surface area contributed by atoms with Gasteiger partial charge in [0.25, 0.3) is 5.91 Å². The summed E-state index contributed by atoms with van der Waals surface area (Å²) >= 11 is 0. The number of carbonyl (C=O) groups excluding carboxylic acids is 2. The maximum Gasteiger partial charge on any atom is 0.510 e. The van der Waals surface area contributed by atoms with Crippen LogP contribution in [0.15, 0.2) is 49.1 Å². The molecule has 5 N–H and O–H groups in total. The van der Waals surface area contributed by atoms with Crippen LogP contribution in [0.1, 0.15) is 53.8 Å². The van der Waals surface area contributed by atoms with E-state index in [0.29, 0.717) is 42.8 Å². The minimum Gasteiger partial charge on any atom is -0.481 e. The van der Waals surface area contributed by atoms with Crippen molar-refractivity contribution in [2.45, 2.75) is 51.2 Å². The highest BCUT2D eigenvalue weighted by molar-refractivity contribution is 6.73. The lowest BCUT2D eigenvalue weighted by Crippen LogP contribution is -2.46. The molecule has 44 heavy (non-hydrogen) atoms. The van der Waals surface area contributed by atoms with Crippen LogP contribution in [0.25, 0.3) is 0 Å². The highest BCUT2D eigenvalue weighted by Gasteiger charge is 2.26. The van der Waals surface area contributed by atoms with Gasteiger partial charge in [0, 0.05) is 25.7 Å². The molecule has 0 aliphatic rings. The number of pyridine rings is 2. The number of carboxylic acids is 2. The van der Waals surface area contributed by atoms with Gasteiger partial charge in [-0.05, 0) is 49.9 Å². The van der Waals surface area contributed by atoms with Crippen molar-refractivity contribution in [1.82, 2.24) is 35.9 Å². The van der Waals surface area contributed by atoms with Crippen molar-refractivity contribution in [2.75, 3.05) is 13.1 Å². The van der Waals surface area contributed by atoms with Crippen LogP contribution >= 0.6 is 0 Å². The Labute approximate surface area is 249 Å². The van der Waals surface area contributed by atoms with Crippen LogP contribution in [0.2, 0.25) is 0 Å². The maximum absolute atomic E-state index is 12.8. The van der Waals surface area contributed by atoms with Gasteiger partial charge in [0.1, 0.15) is 11.7 Å². The fraction of sp³-hybridized carbons (Fsp3) is 0.385. The van der Waals surface area contributed by atoms with Gasteiger partial charge in [0.15, 0.2) is 18.9 Å². The smallest absolute Gasteiger partial charge is 0.481 e. The summed E-state index contributed by atoms with van der Waals surface area (Å²) in [7, 11) is 0. The lowest BCUT2D eigenvalue weighted by atomic mass is 9.81. The summed E-state index contributed by atoms with van der Waals surface area (Å²) in [5, 5.41) is 33.3. The average molecular weight is 620 g/mol. The van der Waals surface area contributed by atoms with Gasteiger partial charge in [-0.3, -0.25) is 14.6 Å². The molecule has 0 fully saturated rings. The van der Waals surface area contributed by atoms with Gasteiger partial charge < -0.3 is 39.1 Å². The lowest BCUT2D eigenvalue weighted by molar-refractivity contribution is -0.688. The minimum absolute atomic E-state index is 0.227. The molecule has 236 valence electrons. The number of unbranched alkanes of at least 4 members (excludes halogenated alkanes) is 2. The molecule has 3 heterocycles. The molecule has 0 bridgehead atoms. The molecule has 0 aliphatic carbocycles. The van der Waals surface area contributed by atoms with Gasteiger partial charge in [-0.1, -0.05) is 10.7 Å². The summed E-state index contributed by atoms with van der Waals surface area (Å²) in [6.45, 7) is -3.86. The predicted molar refractivity (Wildman–Crippen MR) is 149 cm³/mol. The Kier molecular flexibility index (Phi) is 12.2. The summed E-state index contributed by atoms with van der Waals surface area (Å²) in [4.78, 5) is 50.2. The van der Waals surface area contributed by atoms with E-state index < -0.39 is 36.5 Å². The first-order valence-electron chi connectivity index (χ1n) is 13.7. The Bertz CT molecular complexity index is 1420. The highest BCUT2D eigenvalue weighted by Crippen LogP contribution is 2.07. The van der Waals surface area contributed by atoms with Crippen molar-refractivity contribution in [3.63, 3.8) is 0 Å². The van der Waals surface area contributed by atoms with Gasteiger partial charge >= 0.3 is 24.9 Å². The number of halogens is 3. The van der Waals surface area contributed by atoms with Gasteiger partial charge in [-0.2, -0.15) is 4.57 Å². The highest BCUT2D eigenvalue weighted by atomic mass is 19.4. The van der Waals surface area contributed by atoms with Crippen LogP contribution in [0.4, 0.5) is 17.7 Å². The van der Waals surface area contributed by atoms with Crippen LogP contribution < -0.4 is 26.0 Å². The summed E-state index contributed by atoms with van der Waals surface area (Å²) in [6.07, 6.45) is 7.06. The molecule has 0 saturated heterocycles. The number of carbonyl (C=O) groups is 4. The first kappa shape index (κ1) is 33.5. The molecule has 0 spiro atoms. The molecule has 1 atom stereocenters. The van der Waals surface area contributed by atoms with Crippen LogP contribution in [0.3, 0.4) is 0 Å². The Morgan fingerprint density at radius 3 is 2.27 bits per heavy atom. The SMILES string of the molecule is O=C(O)CCC(NC(=O)NCCCCCNC(=O)c1ccc(Cn2cc(C[n+]3ccc([B-](F)(F)F)cc3)nn2)nc1)C(=O)O. The molecule has 3 aromatic rings. The number of rotatable bonds is 17. The third kappa shape index (κ3) is 11.3. The molecule has 14 nitrogen and oxygen atoms in total. The molecule has 3 rings (SSSR count). The summed E-state index contributed by atoms with van der Waals surface area (Å²) < 4.78 is 41.5. The Morgan fingerprint density at radius 1 is 0.955 bits per heavy atom. The monoisotopic (exact) mass is 620 g/mol. The summed E-state index contributed by atoms with van der Waals surface area (Å²) in [5.74, 6) is -2.78. The van der Waals surface area contributed by atoms with Crippen molar-refractivity contribution in [3.05, 3.63) is 66.0 Å². The second-order valence-electron chi connectivity index (χ2n) is 9.86. The second-order valence-corrected chi connectivity index (χ2v) is 9.86. The van der Waals surface area contributed by atoms with Gasteiger partial charge in [0.05, 0.1) is 24.0 Å². The quantitative estimate of drug-likeness (QED) is 0.0818. The van der Waals surface area contributed by atoms with Gasteiger partial charge in [-0.15, -0.1) is 5.10 Å². The van der Waals surface area contributed by atoms with Gasteiger partial charge in [0.2, 0.25) is 0 Å². The van der Waals surface area contributed by atoms with E-state index in [4.69, 9.17) is 10.2 Å². The van der Waals surface area contributed by atoms with Crippen LogP contribution in [-0.2, 0) is 22.7 Å². The van der Waals surface area contributed by atoms with Crippen LogP contribution in [-0.4, -0.2) is 80.2 Å². The number of aliphatic carboxylic acids is 2. The minimum atomic E-state index is -5.05. The third-order valence-electron chi connectivity index (χ3n) is 6.31. The van der Waals surface area contributed by atoms with E-state index in [1.807, 2.05) is 0 Å². The lowest BCUT2D eigenvalue weighted by Gasteiger charge is -2.14. The molecule has 18 heteroatoms. The molecule has 0 saturated carbocycles. The maximum atomic E-state index is 12.8. The van der Waals surface area contributed by atoms with Crippen molar-refractivity contribution in [1.29, 1.82) is 0 Å². The zero-order valence-electron chi connectivity index (χ0n) is 23.5. The second kappa shape index (κ2) is 16.0. The Balaban J connectivity index is 1.32. The number of nitrogens with zero attached hydrogens (tertiary/aromatic N) is 5. The average Bonchev–Trinajstić information content (AvgIpc) is 3.40. The van der Waals surface area contributed by atoms with E-state index >= 15 is 0 Å². The Hall–Kier alpha value is -5.03. The normalized spacial score (nSPS) is 11.9. The van der Waals surface area contributed by atoms with Crippen molar-refractivity contribution >= 4 is 36.3 Å². The first-order chi connectivity index (χ1) is 20.9. The third-order valence-corrected chi connectivity index (χ3v) is 6.31. The molecule has 3 amide bonds. The Morgan fingerprint density at radius 2 is 1.66 bits per heavy atom. The zero-order chi connectivity index (χ0) is 32.1. The zero-order valence-corrected chi connectivity index (χ0v) is 23.5. The fourth-order valence-corrected chi connectivity index (χ4v) is 3.95. The molecule has 3 aromatic heterocycles. The number of aromatic nitrogens is 5. The summed E-state index contributed by atoms with van der Waals surface area (Å²) in [6, 6.07) is 3.34.